The SMILES string of the molecule is CC(=O)Oc1c(Cc2ccccn2)nc2c(Cc3ccccc3)nc(-c3ccccc3)cn12. The first-order valence-electron chi connectivity index (χ1n) is 10.8. The lowest BCUT2D eigenvalue weighted by atomic mass is 10.1. The Morgan fingerprint density at radius 2 is 1.58 bits per heavy atom. The maximum Gasteiger partial charge on any atom is 0.309 e. The van der Waals surface area contributed by atoms with Gasteiger partial charge in [0.2, 0.25) is 5.88 Å². The van der Waals surface area contributed by atoms with Gasteiger partial charge in [0.25, 0.3) is 0 Å². The van der Waals surface area contributed by atoms with E-state index in [4.69, 9.17) is 14.7 Å². The molecule has 0 saturated heterocycles. The number of carbonyl (C=O) groups excluding carboxylic acids is 1. The van der Waals surface area contributed by atoms with Gasteiger partial charge in [0.05, 0.1) is 11.4 Å². The Balaban J connectivity index is 1.71. The van der Waals surface area contributed by atoms with E-state index >= 15 is 0 Å². The number of esters is 1. The number of fused-ring (bicyclic) bond motifs is 1. The highest BCUT2D eigenvalue weighted by Gasteiger charge is 2.21. The zero-order valence-corrected chi connectivity index (χ0v) is 18.2. The van der Waals surface area contributed by atoms with Crippen molar-refractivity contribution >= 4 is 11.6 Å². The van der Waals surface area contributed by atoms with Crippen molar-refractivity contribution in [2.45, 2.75) is 19.8 Å². The molecule has 6 nitrogen and oxygen atoms in total. The van der Waals surface area contributed by atoms with Crippen LogP contribution in [0.3, 0.4) is 0 Å². The standard InChI is InChI=1S/C27H22N4O2/c1-19(32)33-27-24(17-22-14-8-9-15-28-22)30-26-23(16-20-10-4-2-5-11-20)29-25(18-31(26)27)21-12-6-3-7-13-21/h2-15,18H,16-17H2,1H3. The first-order valence-corrected chi connectivity index (χ1v) is 10.8. The zero-order valence-electron chi connectivity index (χ0n) is 18.2. The van der Waals surface area contributed by atoms with Crippen LogP contribution < -0.4 is 4.74 Å². The molecule has 0 fully saturated rings. The van der Waals surface area contributed by atoms with Gasteiger partial charge < -0.3 is 4.74 Å². The molecule has 5 aromatic rings. The van der Waals surface area contributed by atoms with Gasteiger partial charge in [-0.25, -0.2) is 9.97 Å². The Bertz CT molecular complexity index is 1400. The van der Waals surface area contributed by atoms with E-state index in [-0.39, 0.29) is 0 Å². The Morgan fingerprint density at radius 1 is 0.848 bits per heavy atom. The molecule has 0 N–H and O–H groups in total. The highest BCUT2D eigenvalue weighted by atomic mass is 16.5. The highest BCUT2D eigenvalue weighted by Crippen LogP contribution is 2.29. The van der Waals surface area contributed by atoms with Gasteiger partial charge >= 0.3 is 5.97 Å². The number of pyridine rings is 1. The van der Waals surface area contributed by atoms with Crippen LogP contribution in [0.1, 0.15) is 29.6 Å². The minimum absolute atomic E-state index is 0.400. The fraction of sp³-hybridized carbons (Fsp3) is 0.111. The summed E-state index contributed by atoms with van der Waals surface area (Å²) in [6.07, 6.45) is 4.67. The minimum atomic E-state index is -0.401. The second-order valence-electron chi connectivity index (χ2n) is 7.75. The fourth-order valence-corrected chi connectivity index (χ4v) is 3.82. The van der Waals surface area contributed by atoms with Gasteiger partial charge in [-0.2, -0.15) is 0 Å². The van der Waals surface area contributed by atoms with E-state index in [2.05, 4.69) is 17.1 Å². The molecule has 0 amide bonds. The molecule has 33 heavy (non-hydrogen) atoms. The summed E-state index contributed by atoms with van der Waals surface area (Å²) in [5.41, 5.74) is 5.84. The van der Waals surface area contributed by atoms with Gasteiger partial charge in [-0.3, -0.25) is 14.2 Å². The van der Waals surface area contributed by atoms with Crippen molar-refractivity contribution in [2.24, 2.45) is 0 Å². The van der Waals surface area contributed by atoms with E-state index in [1.807, 2.05) is 77.3 Å². The summed E-state index contributed by atoms with van der Waals surface area (Å²) >= 11 is 0. The number of carbonyl (C=O) groups is 1. The molecule has 0 radical (unpaired) electrons. The van der Waals surface area contributed by atoms with E-state index in [1.165, 1.54) is 6.92 Å². The number of nitrogens with zero attached hydrogens (tertiary/aromatic N) is 4. The largest absolute Gasteiger partial charge is 0.407 e. The number of rotatable bonds is 6. The highest BCUT2D eigenvalue weighted by molar-refractivity contribution is 5.70. The quantitative estimate of drug-likeness (QED) is 0.356. The third-order valence-corrected chi connectivity index (χ3v) is 5.30. The Morgan fingerprint density at radius 3 is 2.27 bits per heavy atom. The average molecular weight is 434 g/mol. The number of benzene rings is 2. The average Bonchev–Trinajstić information content (AvgIpc) is 3.17. The van der Waals surface area contributed by atoms with Crippen LogP contribution in [0.4, 0.5) is 0 Å². The monoisotopic (exact) mass is 434 g/mol. The van der Waals surface area contributed by atoms with Crippen LogP contribution in [0.15, 0.2) is 91.3 Å². The first-order chi connectivity index (χ1) is 16.2. The summed E-state index contributed by atoms with van der Waals surface area (Å²) in [5, 5.41) is 0. The molecule has 0 unspecified atom stereocenters. The zero-order chi connectivity index (χ0) is 22.6. The van der Waals surface area contributed by atoms with Crippen LogP contribution >= 0.6 is 0 Å². The molecule has 2 aromatic carbocycles. The topological polar surface area (TPSA) is 69.4 Å². The molecule has 162 valence electrons. The minimum Gasteiger partial charge on any atom is -0.407 e. The number of imidazole rings is 1. The first kappa shape index (κ1) is 20.6. The van der Waals surface area contributed by atoms with Crippen molar-refractivity contribution in [3.63, 3.8) is 0 Å². The molecule has 3 heterocycles. The summed E-state index contributed by atoms with van der Waals surface area (Å²) in [5.74, 6) is -0.00111. The maximum absolute atomic E-state index is 12.0. The molecule has 5 rings (SSSR count). The molecule has 0 aliphatic heterocycles. The van der Waals surface area contributed by atoms with E-state index in [9.17, 15) is 4.79 Å². The molecule has 0 aliphatic carbocycles. The number of aromatic nitrogens is 4. The van der Waals surface area contributed by atoms with Gasteiger partial charge in [-0.1, -0.05) is 66.7 Å². The Labute approximate surface area is 191 Å². The van der Waals surface area contributed by atoms with E-state index in [0.717, 1.165) is 28.2 Å². The van der Waals surface area contributed by atoms with E-state index in [1.54, 1.807) is 6.20 Å². The molecule has 6 heteroatoms. The molecular formula is C27H22N4O2. The molecule has 0 atom stereocenters. The number of ether oxygens (including phenoxy) is 1. The summed E-state index contributed by atoms with van der Waals surface area (Å²) in [6, 6.07) is 25.8. The van der Waals surface area contributed by atoms with Crippen LogP contribution in [-0.2, 0) is 17.6 Å². The van der Waals surface area contributed by atoms with Gasteiger partial charge in [0, 0.05) is 43.4 Å². The van der Waals surface area contributed by atoms with Crippen molar-refractivity contribution in [1.29, 1.82) is 0 Å². The van der Waals surface area contributed by atoms with Crippen molar-refractivity contribution < 1.29 is 9.53 Å². The van der Waals surface area contributed by atoms with Gasteiger partial charge in [-0.15, -0.1) is 0 Å². The van der Waals surface area contributed by atoms with Crippen LogP contribution in [0.2, 0.25) is 0 Å². The molecule has 3 aromatic heterocycles. The Kier molecular flexibility index (Phi) is 5.64. The lowest BCUT2D eigenvalue weighted by Gasteiger charge is -2.10. The maximum atomic E-state index is 12.0. The van der Waals surface area contributed by atoms with Crippen LogP contribution in [-0.4, -0.2) is 25.3 Å². The summed E-state index contributed by atoms with van der Waals surface area (Å²) in [6.45, 7) is 1.40. The fourth-order valence-electron chi connectivity index (χ4n) is 3.82. The molecule has 0 bridgehead atoms. The summed E-state index contributed by atoms with van der Waals surface area (Å²) in [4.78, 5) is 26.3. The normalized spacial score (nSPS) is 10.9. The Hall–Kier alpha value is -4.32. The van der Waals surface area contributed by atoms with Crippen molar-refractivity contribution in [3.8, 4) is 17.1 Å². The molecular weight excluding hydrogens is 412 g/mol. The van der Waals surface area contributed by atoms with Gasteiger partial charge in [0.15, 0.2) is 5.65 Å². The van der Waals surface area contributed by atoms with Crippen LogP contribution in [0, 0.1) is 0 Å². The predicted molar refractivity (Wildman–Crippen MR) is 126 cm³/mol. The number of hydrogen-bond acceptors (Lipinski definition) is 5. The molecule has 0 saturated carbocycles. The smallest absolute Gasteiger partial charge is 0.309 e. The second-order valence-corrected chi connectivity index (χ2v) is 7.75. The lowest BCUT2D eigenvalue weighted by molar-refractivity contribution is -0.132. The van der Waals surface area contributed by atoms with Gasteiger partial charge in [-0.05, 0) is 17.7 Å². The summed E-state index contributed by atoms with van der Waals surface area (Å²) < 4.78 is 7.51. The number of hydrogen-bond donors (Lipinski definition) is 0. The third kappa shape index (κ3) is 4.50. The summed E-state index contributed by atoms with van der Waals surface area (Å²) in [7, 11) is 0. The van der Waals surface area contributed by atoms with Crippen molar-refractivity contribution in [3.05, 3.63) is 114 Å². The van der Waals surface area contributed by atoms with Gasteiger partial charge in [0.1, 0.15) is 5.69 Å². The second kappa shape index (κ2) is 9.04. The van der Waals surface area contributed by atoms with E-state index < -0.39 is 5.97 Å². The van der Waals surface area contributed by atoms with Crippen LogP contribution in [0.25, 0.3) is 16.9 Å². The van der Waals surface area contributed by atoms with Crippen LogP contribution in [0.5, 0.6) is 5.88 Å². The predicted octanol–water partition coefficient (Wildman–Crippen LogP) is 4.90. The molecule has 0 spiro atoms. The van der Waals surface area contributed by atoms with Crippen molar-refractivity contribution in [2.75, 3.05) is 0 Å². The lowest BCUT2D eigenvalue weighted by Crippen LogP contribution is -2.07. The van der Waals surface area contributed by atoms with E-state index in [0.29, 0.717) is 30.1 Å². The van der Waals surface area contributed by atoms with Crippen molar-refractivity contribution in [1.82, 2.24) is 19.4 Å². The third-order valence-electron chi connectivity index (χ3n) is 5.30. The molecule has 0 aliphatic rings.